The first kappa shape index (κ1) is 11.8. The van der Waals surface area contributed by atoms with E-state index in [4.69, 9.17) is 5.73 Å². The van der Waals surface area contributed by atoms with Crippen LogP contribution in [0.2, 0.25) is 0 Å². The summed E-state index contributed by atoms with van der Waals surface area (Å²) in [5, 5.41) is 6.54. The van der Waals surface area contributed by atoms with Crippen LogP contribution in [-0.4, -0.2) is 41.2 Å². The van der Waals surface area contributed by atoms with Gasteiger partial charge in [0.05, 0.1) is 6.04 Å². The Bertz CT molecular complexity index is 407. The molecule has 1 spiro atoms. The molecule has 2 fully saturated rings. The minimum Gasteiger partial charge on any atom is -0.370 e. The number of nitrogens with zero attached hydrogens (tertiary/aromatic N) is 2. The van der Waals surface area contributed by atoms with E-state index in [1.54, 1.807) is 0 Å². The van der Waals surface area contributed by atoms with Crippen molar-refractivity contribution in [3.05, 3.63) is 0 Å². The monoisotopic (exact) mass is 251 g/mol. The number of piperazine rings is 1. The molecule has 6 nitrogen and oxygen atoms in total. The van der Waals surface area contributed by atoms with Crippen molar-refractivity contribution in [2.75, 3.05) is 6.54 Å². The maximum absolute atomic E-state index is 12.2. The Morgan fingerprint density at radius 3 is 3.11 bits per heavy atom. The first-order valence-electron chi connectivity index (χ1n) is 6.72. The molecular formula is C12H21N5O. The van der Waals surface area contributed by atoms with Gasteiger partial charge in [0.25, 0.3) is 0 Å². The maximum Gasteiger partial charge on any atom is 0.239 e. The molecule has 3 aliphatic heterocycles. The van der Waals surface area contributed by atoms with Gasteiger partial charge in [-0.3, -0.25) is 10.1 Å². The number of hydrogen-bond acceptors (Lipinski definition) is 5. The summed E-state index contributed by atoms with van der Waals surface area (Å²) < 4.78 is 0. The van der Waals surface area contributed by atoms with Gasteiger partial charge < -0.3 is 16.0 Å². The Labute approximate surface area is 107 Å². The molecule has 0 aliphatic carbocycles. The molecule has 3 rings (SSSR count). The number of rotatable bonds is 2. The Morgan fingerprint density at radius 2 is 2.39 bits per heavy atom. The van der Waals surface area contributed by atoms with Crippen LogP contribution in [-0.2, 0) is 4.79 Å². The van der Waals surface area contributed by atoms with E-state index in [1.165, 1.54) is 0 Å². The molecule has 3 heterocycles. The Balaban J connectivity index is 1.84. The van der Waals surface area contributed by atoms with E-state index in [-0.39, 0.29) is 18.1 Å². The van der Waals surface area contributed by atoms with Crippen LogP contribution < -0.4 is 16.4 Å². The third kappa shape index (κ3) is 1.51. The van der Waals surface area contributed by atoms with Gasteiger partial charge in [0.1, 0.15) is 6.17 Å². The predicted molar refractivity (Wildman–Crippen MR) is 68.6 cm³/mol. The van der Waals surface area contributed by atoms with E-state index in [9.17, 15) is 4.79 Å². The second-order valence-corrected chi connectivity index (χ2v) is 5.91. The van der Waals surface area contributed by atoms with Crippen LogP contribution in [0.15, 0.2) is 4.99 Å². The number of carbonyl (C=O) groups is 1. The molecule has 0 aromatic heterocycles. The molecule has 0 saturated carbocycles. The summed E-state index contributed by atoms with van der Waals surface area (Å²) >= 11 is 0. The zero-order valence-corrected chi connectivity index (χ0v) is 10.9. The summed E-state index contributed by atoms with van der Waals surface area (Å²) in [4.78, 5) is 18.7. The number of carbonyl (C=O) groups excluding carboxylic acids is 1. The van der Waals surface area contributed by atoms with Crippen molar-refractivity contribution >= 4 is 11.9 Å². The minimum absolute atomic E-state index is 0.0803. The molecule has 18 heavy (non-hydrogen) atoms. The van der Waals surface area contributed by atoms with Gasteiger partial charge in [-0.2, -0.15) is 0 Å². The second-order valence-electron chi connectivity index (χ2n) is 5.91. The summed E-state index contributed by atoms with van der Waals surface area (Å²) in [6.07, 6.45) is 2.69. The molecule has 100 valence electrons. The lowest BCUT2D eigenvalue weighted by Crippen LogP contribution is -2.73. The topological polar surface area (TPSA) is 82.8 Å². The first-order valence-corrected chi connectivity index (χ1v) is 6.72. The third-order valence-corrected chi connectivity index (χ3v) is 4.13. The number of amides is 1. The van der Waals surface area contributed by atoms with Crippen molar-refractivity contribution in [1.29, 1.82) is 0 Å². The van der Waals surface area contributed by atoms with Gasteiger partial charge in [-0.1, -0.05) is 13.8 Å². The lowest BCUT2D eigenvalue weighted by Gasteiger charge is -2.44. The number of guanidine groups is 1. The van der Waals surface area contributed by atoms with Crippen LogP contribution in [0.5, 0.6) is 0 Å². The van der Waals surface area contributed by atoms with E-state index in [0.717, 1.165) is 25.8 Å². The fraction of sp³-hybridized carbons (Fsp3) is 0.833. The lowest BCUT2D eigenvalue weighted by atomic mass is 9.95. The molecule has 0 bridgehead atoms. The fourth-order valence-corrected chi connectivity index (χ4v) is 3.34. The summed E-state index contributed by atoms with van der Waals surface area (Å²) in [5.74, 6) is 1.11. The normalized spacial score (nSPS) is 38.5. The molecule has 1 unspecified atom stereocenters. The molecule has 1 amide bonds. The summed E-state index contributed by atoms with van der Waals surface area (Å²) in [6.45, 7) is 5.11. The van der Waals surface area contributed by atoms with Crippen molar-refractivity contribution in [3.8, 4) is 0 Å². The highest BCUT2D eigenvalue weighted by atomic mass is 16.2. The maximum atomic E-state index is 12.2. The number of aliphatic imine (C=N–C) groups is 1. The zero-order chi connectivity index (χ0) is 12.9. The van der Waals surface area contributed by atoms with Gasteiger partial charge in [-0.15, -0.1) is 0 Å². The molecular weight excluding hydrogens is 230 g/mol. The summed E-state index contributed by atoms with van der Waals surface area (Å²) in [7, 11) is 0. The average molecular weight is 251 g/mol. The number of nitrogens with two attached hydrogens (primary N) is 1. The van der Waals surface area contributed by atoms with E-state index in [1.807, 2.05) is 4.90 Å². The van der Waals surface area contributed by atoms with E-state index in [0.29, 0.717) is 11.9 Å². The van der Waals surface area contributed by atoms with Crippen LogP contribution >= 0.6 is 0 Å². The smallest absolute Gasteiger partial charge is 0.239 e. The third-order valence-electron chi connectivity index (χ3n) is 4.13. The largest absolute Gasteiger partial charge is 0.370 e. The Hall–Kier alpha value is -1.30. The molecule has 2 saturated heterocycles. The Kier molecular flexibility index (Phi) is 2.52. The van der Waals surface area contributed by atoms with Crippen molar-refractivity contribution in [2.24, 2.45) is 16.6 Å². The standard InChI is InChI=1S/C12H21N5O/c1-7(2)6-8-9(18)16-12-4-3-5-17(12)11(13)15-10(12)14-8/h7-8,10,14H,3-6H2,1-2H3,(H2,13,15)(H,16,18)/t8-,10?,12+/m1/s1. The fourth-order valence-electron chi connectivity index (χ4n) is 3.34. The van der Waals surface area contributed by atoms with Crippen LogP contribution in [0.25, 0.3) is 0 Å². The van der Waals surface area contributed by atoms with Crippen LogP contribution in [0, 0.1) is 5.92 Å². The zero-order valence-electron chi connectivity index (χ0n) is 10.9. The Morgan fingerprint density at radius 1 is 1.61 bits per heavy atom. The van der Waals surface area contributed by atoms with Gasteiger partial charge in [0, 0.05) is 6.54 Å². The first-order chi connectivity index (χ1) is 8.53. The van der Waals surface area contributed by atoms with Crippen LogP contribution in [0.3, 0.4) is 0 Å². The van der Waals surface area contributed by atoms with Crippen molar-refractivity contribution < 1.29 is 4.79 Å². The molecule has 0 radical (unpaired) electrons. The highest BCUT2D eigenvalue weighted by Gasteiger charge is 2.57. The predicted octanol–water partition coefficient (Wildman–Crippen LogP) is -0.433. The van der Waals surface area contributed by atoms with Crippen LogP contribution in [0.1, 0.15) is 33.1 Å². The highest BCUT2D eigenvalue weighted by Crippen LogP contribution is 2.37. The molecule has 3 aliphatic rings. The van der Waals surface area contributed by atoms with Crippen LogP contribution in [0.4, 0.5) is 0 Å². The van der Waals surface area contributed by atoms with Gasteiger partial charge in [-0.05, 0) is 25.2 Å². The van der Waals surface area contributed by atoms with Crippen molar-refractivity contribution in [3.63, 3.8) is 0 Å². The van der Waals surface area contributed by atoms with E-state index >= 15 is 0 Å². The minimum atomic E-state index is -0.394. The van der Waals surface area contributed by atoms with Gasteiger partial charge in [0.15, 0.2) is 11.6 Å². The quantitative estimate of drug-likeness (QED) is 0.622. The molecule has 4 N–H and O–H groups in total. The summed E-state index contributed by atoms with van der Waals surface area (Å²) in [5.41, 5.74) is 5.56. The van der Waals surface area contributed by atoms with Crippen molar-refractivity contribution in [2.45, 2.75) is 51.0 Å². The average Bonchev–Trinajstić information content (AvgIpc) is 2.77. The molecule has 6 heteroatoms. The SMILES string of the molecule is CC(C)C[C@H]1NC2N=C(N)N3CCC[C@@]23NC1=O. The lowest BCUT2D eigenvalue weighted by molar-refractivity contribution is -0.131. The van der Waals surface area contributed by atoms with Gasteiger partial charge in [-0.25, -0.2) is 4.99 Å². The molecule has 3 atom stereocenters. The van der Waals surface area contributed by atoms with E-state index < -0.39 is 5.66 Å². The summed E-state index contributed by atoms with van der Waals surface area (Å²) in [6, 6.07) is -0.155. The highest BCUT2D eigenvalue weighted by molar-refractivity contribution is 5.88. The van der Waals surface area contributed by atoms with E-state index in [2.05, 4.69) is 29.5 Å². The second kappa shape index (κ2) is 3.85. The number of nitrogens with one attached hydrogen (secondary N) is 2. The number of hydrogen-bond donors (Lipinski definition) is 3. The van der Waals surface area contributed by atoms with Crippen molar-refractivity contribution in [1.82, 2.24) is 15.5 Å². The molecule has 0 aromatic rings. The molecule has 0 aromatic carbocycles. The van der Waals surface area contributed by atoms with Gasteiger partial charge >= 0.3 is 0 Å². The van der Waals surface area contributed by atoms with Gasteiger partial charge in [0.2, 0.25) is 5.91 Å².